The maximum absolute atomic E-state index is 14.6. The molecule has 2 aromatic rings. The van der Waals surface area contributed by atoms with Crippen LogP contribution < -0.4 is 21.3 Å². The molecule has 5 atom stereocenters. The van der Waals surface area contributed by atoms with Crippen LogP contribution in [0.5, 0.6) is 5.75 Å². The first-order valence-corrected chi connectivity index (χ1v) is 10.0. The Hall–Kier alpha value is -2.40. The summed E-state index contributed by atoms with van der Waals surface area (Å²) in [4.78, 5) is 37.9. The van der Waals surface area contributed by atoms with Gasteiger partial charge in [0.25, 0.3) is 11.5 Å². The van der Waals surface area contributed by atoms with E-state index in [2.05, 4.69) is 5.32 Å². The second-order valence-corrected chi connectivity index (χ2v) is 7.90. The normalized spacial score (nSPS) is 24.1. The van der Waals surface area contributed by atoms with E-state index in [0.29, 0.717) is 5.02 Å². The lowest BCUT2D eigenvalue weighted by Crippen LogP contribution is -2.43. The molecule has 1 saturated heterocycles. The number of aryl methyl sites for hydroxylation is 1. The van der Waals surface area contributed by atoms with E-state index in [1.807, 2.05) is 4.98 Å². The number of carbonyl (C=O) groups excluding carboxylic acids is 1. The molecule has 31 heavy (non-hydrogen) atoms. The lowest BCUT2D eigenvalue weighted by atomic mass is 10.1. The molecule has 1 fully saturated rings. The second kappa shape index (κ2) is 9.39. The number of H-pyrrole nitrogens is 1. The molecule has 2 heterocycles. The molecule has 3 N–H and O–H groups in total. The van der Waals surface area contributed by atoms with Gasteiger partial charge < -0.3 is 19.9 Å². The number of ether oxygens (including phenoxy) is 2. The molecule has 0 unspecified atom stereocenters. The third-order valence-corrected chi connectivity index (χ3v) is 5.29. The Morgan fingerprint density at radius 2 is 2.13 bits per heavy atom. The first kappa shape index (κ1) is 23.3. The van der Waals surface area contributed by atoms with Gasteiger partial charge in [-0.15, -0.1) is 0 Å². The Kier molecular flexibility index (Phi) is 7.05. The summed E-state index contributed by atoms with van der Waals surface area (Å²) in [5, 5.41) is 13.3. The molecular weight excluding hydrogens is 456 g/mol. The van der Waals surface area contributed by atoms with Gasteiger partial charge in [-0.1, -0.05) is 23.2 Å². The highest BCUT2D eigenvalue weighted by Gasteiger charge is 2.45. The number of aromatic nitrogens is 2. The van der Waals surface area contributed by atoms with Crippen LogP contribution in [0.1, 0.15) is 18.7 Å². The number of amides is 1. The quantitative estimate of drug-likeness (QED) is 0.579. The second-order valence-electron chi connectivity index (χ2n) is 7.06. The molecule has 12 heteroatoms. The molecule has 168 valence electrons. The third-order valence-electron chi connectivity index (χ3n) is 4.76. The number of aliphatic hydroxyl groups excluding tert-OH is 1. The highest BCUT2D eigenvalue weighted by Crippen LogP contribution is 2.31. The van der Waals surface area contributed by atoms with Crippen molar-refractivity contribution < 1.29 is 23.8 Å². The van der Waals surface area contributed by atoms with Crippen LogP contribution in [0.15, 0.2) is 34.0 Å². The van der Waals surface area contributed by atoms with Crippen LogP contribution >= 0.6 is 23.2 Å². The minimum Gasteiger partial charge on any atom is -0.479 e. The van der Waals surface area contributed by atoms with Crippen molar-refractivity contribution in [3.63, 3.8) is 0 Å². The van der Waals surface area contributed by atoms with Gasteiger partial charge in [-0.05, 0) is 32.0 Å². The average Bonchev–Trinajstić information content (AvgIpc) is 2.99. The summed E-state index contributed by atoms with van der Waals surface area (Å²) >= 11 is 11.8. The predicted molar refractivity (Wildman–Crippen MR) is 110 cm³/mol. The fourth-order valence-corrected chi connectivity index (χ4v) is 3.48. The average molecular weight is 476 g/mol. The number of halogens is 3. The third kappa shape index (κ3) is 5.09. The molecule has 0 aliphatic carbocycles. The number of benzene rings is 1. The van der Waals surface area contributed by atoms with E-state index >= 15 is 0 Å². The standard InChI is InChI=1S/C19H20Cl2FN3O6/c1-8-7-25(19(29)24-16(8)27)18-14(22)15(26)13(31-18)6-23-17(28)9(2)30-12-4-3-10(20)5-11(12)21/h3-5,7,9,13-15,18,26H,6H2,1-2H3,(H,23,28)(H,24,27,29)/t9-,13+,14+,15+,18+/m0/s1. The highest BCUT2D eigenvalue weighted by atomic mass is 35.5. The Balaban J connectivity index is 1.62. The number of aliphatic hydroxyl groups is 1. The molecule has 1 aliphatic heterocycles. The van der Waals surface area contributed by atoms with Gasteiger partial charge in [0.05, 0.1) is 5.02 Å². The number of alkyl halides is 1. The summed E-state index contributed by atoms with van der Waals surface area (Å²) in [7, 11) is 0. The van der Waals surface area contributed by atoms with Crippen molar-refractivity contribution in [3.05, 3.63) is 60.8 Å². The zero-order chi connectivity index (χ0) is 22.9. The molecule has 9 nitrogen and oxygen atoms in total. The summed E-state index contributed by atoms with van der Waals surface area (Å²) in [6.45, 7) is 2.69. The van der Waals surface area contributed by atoms with Gasteiger partial charge >= 0.3 is 5.69 Å². The van der Waals surface area contributed by atoms with Crippen LogP contribution in [0.25, 0.3) is 0 Å². The SMILES string of the molecule is Cc1cn([C@@H]2O[C@H](CNC(=O)[C@H](C)Oc3ccc(Cl)cc3Cl)[C@@H](O)[C@H]2F)c(=O)[nH]c1=O. The van der Waals surface area contributed by atoms with Gasteiger partial charge in [-0.2, -0.15) is 0 Å². The number of nitrogens with zero attached hydrogens (tertiary/aromatic N) is 1. The first-order valence-electron chi connectivity index (χ1n) is 9.27. The van der Waals surface area contributed by atoms with Gasteiger partial charge in [0, 0.05) is 23.3 Å². The van der Waals surface area contributed by atoms with Crippen LogP contribution in [0.2, 0.25) is 10.0 Å². The van der Waals surface area contributed by atoms with Gasteiger partial charge in [-0.3, -0.25) is 19.1 Å². The van der Waals surface area contributed by atoms with Crippen molar-refractivity contribution in [1.29, 1.82) is 0 Å². The number of nitrogens with one attached hydrogen (secondary N) is 2. The minimum atomic E-state index is -1.95. The van der Waals surface area contributed by atoms with Crippen molar-refractivity contribution in [1.82, 2.24) is 14.9 Å². The van der Waals surface area contributed by atoms with Crippen molar-refractivity contribution in [3.8, 4) is 5.75 Å². The number of carbonyl (C=O) groups is 1. The Labute approximate surface area is 185 Å². The lowest BCUT2D eigenvalue weighted by Gasteiger charge is -2.19. The van der Waals surface area contributed by atoms with Gasteiger partial charge in [0.1, 0.15) is 18.0 Å². The zero-order valence-electron chi connectivity index (χ0n) is 16.5. The number of hydrogen-bond donors (Lipinski definition) is 3. The van der Waals surface area contributed by atoms with Crippen molar-refractivity contribution in [2.75, 3.05) is 6.54 Å². The molecule has 0 bridgehead atoms. The van der Waals surface area contributed by atoms with E-state index in [4.69, 9.17) is 32.7 Å². The topological polar surface area (TPSA) is 123 Å². The smallest absolute Gasteiger partial charge is 0.330 e. The molecule has 1 aliphatic rings. The fraction of sp³-hybridized carbons (Fsp3) is 0.421. The van der Waals surface area contributed by atoms with E-state index < -0.39 is 47.9 Å². The van der Waals surface area contributed by atoms with Crippen molar-refractivity contribution in [2.45, 2.75) is 44.6 Å². The molecule has 1 aromatic heterocycles. The Morgan fingerprint density at radius 1 is 1.42 bits per heavy atom. The van der Waals surface area contributed by atoms with Gasteiger partial charge in [0.15, 0.2) is 18.5 Å². The summed E-state index contributed by atoms with van der Waals surface area (Å²) in [6, 6.07) is 4.53. The summed E-state index contributed by atoms with van der Waals surface area (Å²) in [5.74, 6) is -0.305. The summed E-state index contributed by atoms with van der Waals surface area (Å²) in [6.07, 6.45) is -5.95. The minimum absolute atomic E-state index is 0.175. The van der Waals surface area contributed by atoms with Crippen molar-refractivity contribution in [2.24, 2.45) is 0 Å². The number of aromatic amines is 1. The molecule has 0 saturated carbocycles. The maximum Gasteiger partial charge on any atom is 0.330 e. The predicted octanol–water partition coefficient (Wildman–Crippen LogP) is 1.33. The Morgan fingerprint density at radius 3 is 2.81 bits per heavy atom. The van der Waals surface area contributed by atoms with E-state index in [0.717, 1.165) is 10.8 Å². The molecule has 0 radical (unpaired) electrons. The molecular formula is C19H20Cl2FN3O6. The molecule has 1 aromatic carbocycles. The monoisotopic (exact) mass is 475 g/mol. The maximum atomic E-state index is 14.6. The van der Waals surface area contributed by atoms with E-state index in [-0.39, 0.29) is 22.9 Å². The van der Waals surface area contributed by atoms with Gasteiger partial charge in [-0.25, -0.2) is 9.18 Å². The van der Waals surface area contributed by atoms with Crippen LogP contribution in [0.4, 0.5) is 4.39 Å². The van der Waals surface area contributed by atoms with Crippen molar-refractivity contribution >= 4 is 29.1 Å². The van der Waals surface area contributed by atoms with Crippen LogP contribution in [-0.4, -0.2) is 51.6 Å². The van der Waals surface area contributed by atoms with Crippen LogP contribution in [0.3, 0.4) is 0 Å². The van der Waals surface area contributed by atoms with E-state index in [9.17, 15) is 23.9 Å². The molecule has 3 rings (SSSR count). The first-order chi connectivity index (χ1) is 14.6. The summed E-state index contributed by atoms with van der Waals surface area (Å²) in [5.41, 5.74) is -1.30. The number of hydrogen-bond acceptors (Lipinski definition) is 6. The fourth-order valence-electron chi connectivity index (χ4n) is 3.03. The summed E-state index contributed by atoms with van der Waals surface area (Å²) < 4.78 is 26.4. The van der Waals surface area contributed by atoms with Gasteiger partial charge in [0.2, 0.25) is 0 Å². The molecule has 1 amide bonds. The Bertz CT molecular complexity index is 1090. The van der Waals surface area contributed by atoms with E-state index in [1.54, 1.807) is 6.07 Å². The zero-order valence-corrected chi connectivity index (χ0v) is 18.0. The number of rotatable bonds is 6. The van der Waals surface area contributed by atoms with E-state index in [1.165, 1.54) is 26.0 Å². The van der Waals surface area contributed by atoms with Crippen LogP contribution in [-0.2, 0) is 9.53 Å². The molecule has 0 spiro atoms. The highest BCUT2D eigenvalue weighted by molar-refractivity contribution is 6.35. The largest absolute Gasteiger partial charge is 0.479 e. The lowest BCUT2D eigenvalue weighted by molar-refractivity contribution is -0.128. The van der Waals surface area contributed by atoms with Crippen LogP contribution in [0, 0.1) is 6.92 Å².